The molecular formula is C15H19FN2O5S. The highest BCUT2D eigenvalue weighted by atomic mass is 32.2. The molecular weight excluding hydrogens is 339 g/mol. The van der Waals surface area contributed by atoms with Crippen LogP contribution in [-0.4, -0.2) is 48.0 Å². The van der Waals surface area contributed by atoms with Crippen LogP contribution in [0.15, 0.2) is 18.2 Å². The molecule has 1 aromatic carbocycles. The van der Waals surface area contributed by atoms with Crippen LogP contribution in [0.2, 0.25) is 0 Å². The number of amides is 1. The molecule has 0 bridgehead atoms. The topological polar surface area (TPSA) is 104 Å². The molecule has 9 heteroatoms. The van der Waals surface area contributed by atoms with E-state index in [2.05, 4.69) is 5.32 Å². The first-order chi connectivity index (χ1) is 11.1. The van der Waals surface area contributed by atoms with Crippen LogP contribution >= 0.6 is 0 Å². The second-order valence-electron chi connectivity index (χ2n) is 5.96. The van der Waals surface area contributed by atoms with Crippen molar-refractivity contribution >= 4 is 27.6 Å². The Morgan fingerprint density at radius 2 is 2.00 bits per heavy atom. The van der Waals surface area contributed by atoms with Gasteiger partial charge in [-0.15, -0.1) is 0 Å². The Hall–Kier alpha value is -2.00. The molecule has 0 saturated carbocycles. The molecule has 2 N–H and O–H groups in total. The van der Waals surface area contributed by atoms with Crippen LogP contribution in [0.4, 0.5) is 10.1 Å². The Bertz CT molecular complexity index is 763. The van der Waals surface area contributed by atoms with Crippen LogP contribution in [0.1, 0.15) is 30.6 Å². The highest BCUT2D eigenvalue weighted by molar-refractivity contribution is 7.89. The fourth-order valence-electron chi connectivity index (χ4n) is 2.70. The van der Waals surface area contributed by atoms with Gasteiger partial charge in [0.2, 0.25) is 15.9 Å². The van der Waals surface area contributed by atoms with Crippen molar-refractivity contribution in [3.63, 3.8) is 0 Å². The van der Waals surface area contributed by atoms with E-state index in [-0.39, 0.29) is 29.5 Å². The zero-order valence-corrected chi connectivity index (χ0v) is 14.1. The van der Waals surface area contributed by atoms with Gasteiger partial charge in [0.05, 0.1) is 17.0 Å². The van der Waals surface area contributed by atoms with Crippen molar-refractivity contribution in [2.24, 2.45) is 5.92 Å². The van der Waals surface area contributed by atoms with Crippen LogP contribution in [0, 0.1) is 11.7 Å². The molecule has 1 fully saturated rings. The molecule has 1 heterocycles. The number of carbonyl (C=O) groups excluding carboxylic acids is 1. The lowest BCUT2D eigenvalue weighted by Gasteiger charge is -2.28. The lowest BCUT2D eigenvalue weighted by atomic mass is 10.0. The molecule has 1 amide bonds. The van der Waals surface area contributed by atoms with Gasteiger partial charge in [0.1, 0.15) is 11.9 Å². The van der Waals surface area contributed by atoms with Crippen LogP contribution in [0.5, 0.6) is 0 Å². The lowest BCUT2D eigenvalue weighted by Crippen LogP contribution is -2.48. The van der Waals surface area contributed by atoms with Gasteiger partial charge >= 0.3 is 5.97 Å². The van der Waals surface area contributed by atoms with Crippen LogP contribution in [0.25, 0.3) is 0 Å². The van der Waals surface area contributed by atoms with Gasteiger partial charge in [-0.05, 0) is 30.5 Å². The van der Waals surface area contributed by atoms with Gasteiger partial charge < -0.3 is 10.4 Å². The zero-order valence-electron chi connectivity index (χ0n) is 13.3. The number of carbonyl (C=O) groups is 2. The van der Waals surface area contributed by atoms with Crippen molar-refractivity contribution in [2.75, 3.05) is 17.6 Å². The van der Waals surface area contributed by atoms with Crippen molar-refractivity contribution in [1.29, 1.82) is 0 Å². The van der Waals surface area contributed by atoms with E-state index in [0.717, 1.165) is 22.5 Å². The highest BCUT2D eigenvalue weighted by Crippen LogP contribution is 2.24. The number of nitrogens with zero attached hydrogens (tertiary/aromatic N) is 1. The fourth-order valence-corrected chi connectivity index (χ4v) is 4.52. The van der Waals surface area contributed by atoms with Gasteiger partial charge in [0.25, 0.3) is 0 Å². The maximum absolute atomic E-state index is 13.8. The summed E-state index contributed by atoms with van der Waals surface area (Å²) in [7, 11) is -3.52. The molecule has 0 aliphatic carbocycles. The van der Waals surface area contributed by atoms with E-state index < -0.39 is 33.8 Å². The average molecular weight is 358 g/mol. The Labute approximate surface area is 139 Å². The molecule has 1 aromatic rings. The number of hydrogen-bond donors (Lipinski definition) is 2. The Morgan fingerprint density at radius 1 is 1.33 bits per heavy atom. The first kappa shape index (κ1) is 18.3. The molecule has 132 valence electrons. The average Bonchev–Trinajstić information content (AvgIpc) is 2.80. The normalized spacial score (nSPS) is 18.5. The van der Waals surface area contributed by atoms with Crippen molar-refractivity contribution in [3.8, 4) is 0 Å². The van der Waals surface area contributed by atoms with Gasteiger partial charge in [-0.1, -0.05) is 13.8 Å². The molecule has 0 radical (unpaired) electrons. The summed E-state index contributed by atoms with van der Waals surface area (Å²) in [5, 5.41) is 11.3. The molecule has 1 aliphatic heterocycles. The monoisotopic (exact) mass is 358 g/mol. The molecule has 0 aromatic heterocycles. The number of hydrogen-bond acceptors (Lipinski definition) is 4. The number of anilines is 1. The maximum Gasteiger partial charge on any atom is 0.335 e. The van der Waals surface area contributed by atoms with Crippen LogP contribution in [0.3, 0.4) is 0 Å². The summed E-state index contributed by atoms with van der Waals surface area (Å²) in [6, 6.07) is 2.05. The van der Waals surface area contributed by atoms with E-state index in [0.29, 0.717) is 6.42 Å². The molecule has 1 atom stereocenters. The lowest BCUT2D eigenvalue weighted by molar-refractivity contribution is -0.120. The fraction of sp³-hybridized carbons (Fsp3) is 0.467. The zero-order chi connectivity index (χ0) is 18.1. The summed E-state index contributed by atoms with van der Waals surface area (Å²) in [6.45, 7) is 3.63. The SMILES string of the molecule is CC(C)C(C(=O)Nc1cc(C(=O)O)ccc1F)N1CCCS1(=O)=O. The quantitative estimate of drug-likeness (QED) is 0.831. The second kappa shape index (κ2) is 6.86. The summed E-state index contributed by atoms with van der Waals surface area (Å²) >= 11 is 0. The molecule has 2 rings (SSSR count). The van der Waals surface area contributed by atoms with E-state index in [9.17, 15) is 22.4 Å². The molecule has 1 unspecified atom stereocenters. The second-order valence-corrected chi connectivity index (χ2v) is 8.00. The number of nitrogens with one attached hydrogen (secondary N) is 1. The third-order valence-electron chi connectivity index (χ3n) is 3.82. The van der Waals surface area contributed by atoms with Gasteiger partial charge in [0, 0.05) is 6.54 Å². The van der Waals surface area contributed by atoms with Crippen LogP contribution < -0.4 is 5.32 Å². The Morgan fingerprint density at radius 3 is 2.50 bits per heavy atom. The first-order valence-corrected chi connectivity index (χ1v) is 9.07. The summed E-state index contributed by atoms with van der Waals surface area (Å²) in [4.78, 5) is 23.5. The number of rotatable bonds is 5. The smallest absolute Gasteiger partial charge is 0.335 e. The summed E-state index contributed by atoms with van der Waals surface area (Å²) in [6.07, 6.45) is 0.432. The summed E-state index contributed by atoms with van der Waals surface area (Å²) in [5.74, 6) is -3.08. The van der Waals surface area contributed by atoms with E-state index in [4.69, 9.17) is 5.11 Å². The third-order valence-corrected chi connectivity index (χ3v) is 5.75. The van der Waals surface area contributed by atoms with Crippen molar-refractivity contribution < 1.29 is 27.5 Å². The summed E-state index contributed by atoms with van der Waals surface area (Å²) < 4.78 is 39.1. The first-order valence-electron chi connectivity index (χ1n) is 7.46. The van der Waals surface area contributed by atoms with E-state index in [1.54, 1.807) is 13.8 Å². The van der Waals surface area contributed by atoms with E-state index in [1.807, 2.05) is 0 Å². The van der Waals surface area contributed by atoms with Gasteiger partial charge in [-0.3, -0.25) is 4.79 Å². The van der Waals surface area contributed by atoms with Gasteiger partial charge in [0.15, 0.2) is 0 Å². The van der Waals surface area contributed by atoms with E-state index in [1.165, 1.54) is 0 Å². The number of halogens is 1. The minimum atomic E-state index is -3.52. The van der Waals surface area contributed by atoms with Crippen molar-refractivity contribution in [3.05, 3.63) is 29.6 Å². The number of aromatic carboxylic acids is 1. The Balaban J connectivity index is 2.29. The van der Waals surface area contributed by atoms with E-state index >= 15 is 0 Å². The van der Waals surface area contributed by atoms with Crippen LogP contribution in [-0.2, 0) is 14.8 Å². The Kier molecular flexibility index (Phi) is 5.24. The maximum atomic E-state index is 13.8. The third kappa shape index (κ3) is 3.73. The largest absolute Gasteiger partial charge is 0.478 e. The number of carboxylic acids is 1. The summed E-state index contributed by atoms with van der Waals surface area (Å²) in [5.41, 5.74) is -0.469. The standard InChI is InChI=1S/C15H19FN2O5S/c1-9(2)13(18-6-3-7-24(18,22)23)14(19)17-12-8-10(15(20)21)4-5-11(12)16/h4-5,8-9,13H,3,6-7H2,1-2H3,(H,17,19)(H,20,21). The molecule has 1 aliphatic rings. The van der Waals surface area contributed by atoms with Gasteiger partial charge in [-0.2, -0.15) is 4.31 Å². The minimum absolute atomic E-state index is 0.0215. The van der Waals surface area contributed by atoms with Crippen molar-refractivity contribution in [1.82, 2.24) is 4.31 Å². The number of carboxylic acid groups (broad SMARTS) is 1. The number of sulfonamides is 1. The molecule has 24 heavy (non-hydrogen) atoms. The molecule has 0 spiro atoms. The molecule has 1 saturated heterocycles. The highest BCUT2D eigenvalue weighted by Gasteiger charge is 2.40. The predicted molar refractivity (Wildman–Crippen MR) is 85.7 cm³/mol. The van der Waals surface area contributed by atoms with Crippen molar-refractivity contribution in [2.45, 2.75) is 26.3 Å². The van der Waals surface area contributed by atoms with Gasteiger partial charge in [-0.25, -0.2) is 17.6 Å². The minimum Gasteiger partial charge on any atom is -0.478 e. The number of benzene rings is 1. The predicted octanol–water partition coefficient (Wildman–Crippen LogP) is 1.52. The molecule has 7 nitrogen and oxygen atoms in total.